The van der Waals surface area contributed by atoms with Gasteiger partial charge in [-0.2, -0.15) is 0 Å². The molecule has 2 rings (SSSR count). The number of benzene rings is 1. The lowest BCUT2D eigenvalue weighted by atomic mass is 10.0. The summed E-state index contributed by atoms with van der Waals surface area (Å²) < 4.78 is 0. The minimum Gasteiger partial charge on any atom is -0.322 e. The molecule has 0 aromatic heterocycles. The Balaban J connectivity index is 2.11. The molecule has 0 saturated carbocycles. The van der Waals surface area contributed by atoms with E-state index >= 15 is 0 Å². The number of amides is 1. The minimum atomic E-state index is -0.179. The molecule has 0 aliphatic carbocycles. The first-order valence-corrected chi connectivity index (χ1v) is 6.90. The highest BCUT2D eigenvalue weighted by Gasteiger charge is 2.22. The van der Waals surface area contributed by atoms with Crippen molar-refractivity contribution in [3.63, 3.8) is 0 Å². The maximum absolute atomic E-state index is 12.0. The van der Waals surface area contributed by atoms with Crippen LogP contribution in [0.2, 0.25) is 15.1 Å². The van der Waals surface area contributed by atoms with Crippen LogP contribution in [0.5, 0.6) is 0 Å². The molecule has 1 heterocycles. The summed E-state index contributed by atoms with van der Waals surface area (Å²) in [5.74, 6) is -0.110. The lowest BCUT2D eigenvalue weighted by Crippen LogP contribution is -2.43. The van der Waals surface area contributed by atoms with Gasteiger partial charge < -0.3 is 10.6 Å². The van der Waals surface area contributed by atoms with Crippen LogP contribution < -0.4 is 10.6 Å². The highest BCUT2D eigenvalue weighted by Crippen LogP contribution is 2.33. The largest absolute Gasteiger partial charge is 0.322 e. The van der Waals surface area contributed by atoms with E-state index in [0.29, 0.717) is 20.8 Å². The van der Waals surface area contributed by atoms with Crippen molar-refractivity contribution in [3.05, 3.63) is 27.2 Å². The van der Waals surface area contributed by atoms with Crippen molar-refractivity contribution in [2.45, 2.75) is 25.3 Å². The van der Waals surface area contributed by atoms with Gasteiger partial charge in [-0.15, -0.1) is 0 Å². The fourth-order valence-electron chi connectivity index (χ4n) is 1.95. The molecule has 1 aromatic rings. The molecule has 18 heavy (non-hydrogen) atoms. The molecule has 1 fully saturated rings. The summed E-state index contributed by atoms with van der Waals surface area (Å²) in [6.07, 6.45) is 2.98. The second kappa shape index (κ2) is 6.11. The van der Waals surface area contributed by atoms with Crippen molar-refractivity contribution < 1.29 is 4.79 Å². The molecule has 0 unspecified atom stereocenters. The smallest absolute Gasteiger partial charge is 0.241 e. The predicted octanol–water partition coefficient (Wildman–Crippen LogP) is 3.73. The Morgan fingerprint density at radius 3 is 2.44 bits per heavy atom. The summed E-state index contributed by atoms with van der Waals surface area (Å²) >= 11 is 17.8. The molecule has 98 valence electrons. The molecule has 0 spiro atoms. The van der Waals surface area contributed by atoms with Gasteiger partial charge in [0.15, 0.2) is 0 Å². The van der Waals surface area contributed by atoms with Gasteiger partial charge in [0.25, 0.3) is 0 Å². The summed E-state index contributed by atoms with van der Waals surface area (Å²) in [6, 6.07) is 2.93. The number of hydrogen-bond donors (Lipinski definition) is 2. The Morgan fingerprint density at radius 2 is 1.89 bits per heavy atom. The highest BCUT2D eigenvalue weighted by molar-refractivity contribution is 6.42. The average Bonchev–Trinajstić information content (AvgIpc) is 2.34. The van der Waals surface area contributed by atoms with Crippen molar-refractivity contribution in [2.24, 2.45) is 0 Å². The molecule has 6 heteroatoms. The van der Waals surface area contributed by atoms with Crippen LogP contribution in [-0.2, 0) is 4.79 Å². The first kappa shape index (κ1) is 13.9. The fraction of sp³-hybridized carbons (Fsp3) is 0.417. The Labute approximate surface area is 121 Å². The van der Waals surface area contributed by atoms with Gasteiger partial charge in [0.05, 0.1) is 21.8 Å². The predicted molar refractivity (Wildman–Crippen MR) is 75.7 cm³/mol. The normalized spacial score (nSPS) is 19.6. The second-order valence-corrected chi connectivity index (χ2v) is 5.49. The first-order valence-electron chi connectivity index (χ1n) is 5.76. The van der Waals surface area contributed by atoms with Gasteiger partial charge in [0.1, 0.15) is 0 Å². The zero-order valence-electron chi connectivity index (χ0n) is 9.60. The number of nitrogens with one attached hydrogen (secondary N) is 2. The third kappa shape index (κ3) is 3.29. The van der Waals surface area contributed by atoms with Crippen molar-refractivity contribution in [2.75, 3.05) is 11.9 Å². The van der Waals surface area contributed by atoms with Crippen LogP contribution in [0.1, 0.15) is 19.3 Å². The maximum Gasteiger partial charge on any atom is 0.241 e. The van der Waals surface area contributed by atoms with Gasteiger partial charge in [-0.25, -0.2) is 0 Å². The fourth-order valence-corrected chi connectivity index (χ4v) is 2.86. The monoisotopic (exact) mass is 306 g/mol. The van der Waals surface area contributed by atoms with Crippen molar-refractivity contribution in [3.8, 4) is 0 Å². The quantitative estimate of drug-likeness (QED) is 0.874. The number of piperidine rings is 1. The van der Waals surface area contributed by atoms with Crippen LogP contribution in [-0.4, -0.2) is 18.5 Å². The first-order chi connectivity index (χ1) is 8.58. The van der Waals surface area contributed by atoms with E-state index in [1.807, 2.05) is 0 Å². The van der Waals surface area contributed by atoms with Crippen molar-refractivity contribution in [1.82, 2.24) is 5.32 Å². The van der Waals surface area contributed by atoms with Gasteiger partial charge >= 0.3 is 0 Å². The Hall–Kier alpha value is -0.480. The second-order valence-electron chi connectivity index (χ2n) is 4.24. The molecule has 1 amide bonds. The molecule has 1 aliphatic rings. The van der Waals surface area contributed by atoms with Crippen LogP contribution in [0, 0.1) is 0 Å². The number of hydrogen-bond acceptors (Lipinski definition) is 2. The summed E-state index contributed by atoms with van der Waals surface area (Å²) in [5, 5.41) is 7.05. The molecular formula is C12H13Cl3N2O. The zero-order chi connectivity index (χ0) is 13.1. The molecule has 2 N–H and O–H groups in total. The summed E-state index contributed by atoms with van der Waals surface area (Å²) in [6.45, 7) is 0.861. The van der Waals surface area contributed by atoms with Crippen LogP contribution in [0.4, 0.5) is 5.69 Å². The van der Waals surface area contributed by atoms with E-state index in [2.05, 4.69) is 10.6 Å². The zero-order valence-corrected chi connectivity index (χ0v) is 11.9. The van der Waals surface area contributed by atoms with E-state index < -0.39 is 0 Å². The third-order valence-corrected chi connectivity index (χ3v) is 3.70. The lowest BCUT2D eigenvalue weighted by molar-refractivity contribution is -0.118. The topological polar surface area (TPSA) is 41.1 Å². The number of carbonyl (C=O) groups is 1. The van der Waals surface area contributed by atoms with E-state index in [9.17, 15) is 4.79 Å². The summed E-state index contributed by atoms with van der Waals surface area (Å²) in [7, 11) is 0. The van der Waals surface area contributed by atoms with E-state index in [1.165, 1.54) is 0 Å². The lowest BCUT2D eigenvalue weighted by Gasteiger charge is -2.23. The van der Waals surface area contributed by atoms with Crippen molar-refractivity contribution in [1.29, 1.82) is 0 Å². The van der Waals surface area contributed by atoms with Gasteiger partial charge in [-0.05, 0) is 31.5 Å². The van der Waals surface area contributed by atoms with E-state index in [0.717, 1.165) is 25.8 Å². The third-order valence-electron chi connectivity index (χ3n) is 2.88. The van der Waals surface area contributed by atoms with E-state index in [-0.39, 0.29) is 11.9 Å². The number of anilines is 1. The Bertz CT molecular complexity index is 436. The molecular weight excluding hydrogens is 295 g/mol. The average molecular weight is 308 g/mol. The Morgan fingerprint density at radius 1 is 1.22 bits per heavy atom. The molecule has 1 aliphatic heterocycles. The van der Waals surface area contributed by atoms with Crippen LogP contribution in [0.25, 0.3) is 0 Å². The van der Waals surface area contributed by atoms with E-state index in [1.54, 1.807) is 12.1 Å². The molecule has 1 atom stereocenters. The highest BCUT2D eigenvalue weighted by atomic mass is 35.5. The molecule has 1 aromatic carbocycles. The van der Waals surface area contributed by atoms with Crippen LogP contribution in [0.15, 0.2) is 12.1 Å². The molecule has 1 saturated heterocycles. The SMILES string of the molecule is O=C(Nc1c(Cl)cc(Cl)cc1Cl)[C@@H]1CCCCN1. The van der Waals surface area contributed by atoms with Crippen LogP contribution in [0.3, 0.4) is 0 Å². The maximum atomic E-state index is 12.0. The van der Waals surface area contributed by atoms with E-state index in [4.69, 9.17) is 34.8 Å². The number of carbonyl (C=O) groups excluding carboxylic acids is 1. The van der Waals surface area contributed by atoms with Crippen molar-refractivity contribution >= 4 is 46.4 Å². The molecule has 0 radical (unpaired) electrons. The number of rotatable bonds is 2. The summed E-state index contributed by atoms with van der Waals surface area (Å²) in [5.41, 5.74) is 0.417. The Kier molecular flexibility index (Phi) is 4.73. The summed E-state index contributed by atoms with van der Waals surface area (Å²) in [4.78, 5) is 12.0. The van der Waals surface area contributed by atoms with Crippen LogP contribution >= 0.6 is 34.8 Å². The standard InChI is InChI=1S/C12H13Cl3N2O/c13-7-5-8(14)11(9(15)6-7)17-12(18)10-3-1-2-4-16-10/h5-6,10,16H,1-4H2,(H,17,18)/t10-/m0/s1. The minimum absolute atomic E-state index is 0.110. The molecule has 0 bridgehead atoms. The molecule has 3 nitrogen and oxygen atoms in total. The van der Waals surface area contributed by atoms with Gasteiger partial charge in [-0.1, -0.05) is 41.2 Å². The number of halogens is 3. The van der Waals surface area contributed by atoms with Gasteiger partial charge in [0, 0.05) is 5.02 Å². The van der Waals surface area contributed by atoms with Gasteiger partial charge in [-0.3, -0.25) is 4.79 Å². The van der Waals surface area contributed by atoms with Gasteiger partial charge in [0.2, 0.25) is 5.91 Å².